The molecule has 0 aliphatic carbocycles. The molecule has 1 unspecified atom stereocenters. The molecule has 0 aromatic rings. The van der Waals surface area contributed by atoms with Crippen LogP contribution in [-0.2, 0) is 14.3 Å². The highest BCUT2D eigenvalue weighted by molar-refractivity contribution is 5.83. The first-order chi connectivity index (χ1) is 9.44. The predicted octanol–water partition coefficient (Wildman–Crippen LogP) is 3.28. The Hall–Kier alpha value is -1.52. The van der Waals surface area contributed by atoms with E-state index in [2.05, 4.69) is 6.58 Å². The van der Waals surface area contributed by atoms with Gasteiger partial charge in [0, 0.05) is 0 Å². The molecule has 0 bridgehead atoms. The fourth-order valence-corrected chi connectivity index (χ4v) is 2.25. The molecular formula is C16H27NO4. The lowest BCUT2D eigenvalue weighted by Gasteiger charge is -2.32. The van der Waals surface area contributed by atoms with Crippen molar-refractivity contribution in [1.29, 1.82) is 0 Å². The van der Waals surface area contributed by atoms with E-state index in [1.165, 1.54) is 4.90 Å². The Kier molecular flexibility index (Phi) is 5.07. The summed E-state index contributed by atoms with van der Waals surface area (Å²) < 4.78 is 10.8. The van der Waals surface area contributed by atoms with Crippen LogP contribution in [0.5, 0.6) is 0 Å². The van der Waals surface area contributed by atoms with E-state index in [-0.39, 0.29) is 6.04 Å². The standard InChI is InChI=1S/C16H27NO4/c1-8-11-9-10-12(13(18)20-15(2,3)4)17(11)14(19)21-16(5,6)7/h8,11-12H,1,9-10H2,2-7H3/t11?,12-/m0/s1. The molecule has 1 heterocycles. The minimum atomic E-state index is -0.609. The summed E-state index contributed by atoms with van der Waals surface area (Å²) in [6.45, 7) is 14.6. The van der Waals surface area contributed by atoms with Gasteiger partial charge in [0.2, 0.25) is 0 Å². The minimum absolute atomic E-state index is 0.197. The van der Waals surface area contributed by atoms with E-state index in [9.17, 15) is 9.59 Å². The molecule has 0 spiro atoms. The average Bonchev–Trinajstić information content (AvgIpc) is 2.67. The Bertz CT molecular complexity index is 417. The van der Waals surface area contributed by atoms with Gasteiger partial charge in [-0.25, -0.2) is 9.59 Å². The van der Waals surface area contributed by atoms with E-state index in [0.29, 0.717) is 12.8 Å². The van der Waals surface area contributed by atoms with E-state index >= 15 is 0 Å². The lowest BCUT2D eigenvalue weighted by Crippen LogP contribution is -2.48. The van der Waals surface area contributed by atoms with Gasteiger partial charge in [0.1, 0.15) is 17.2 Å². The Morgan fingerprint density at radius 1 is 1.05 bits per heavy atom. The number of esters is 1. The molecule has 1 aliphatic heterocycles. The van der Waals surface area contributed by atoms with Crippen LogP contribution in [0.3, 0.4) is 0 Å². The lowest BCUT2D eigenvalue weighted by molar-refractivity contribution is -0.160. The summed E-state index contributed by atoms with van der Waals surface area (Å²) in [5.41, 5.74) is -1.19. The maximum Gasteiger partial charge on any atom is 0.411 e. The van der Waals surface area contributed by atoms with Gasteiger partial charge in [-0.3, -0.25) is 4.90 Å². The van der Waals surface area contributed by atoms with Crippen molar-refractivity contribution >= 4 is 12.1 Å². The normalized spacial score (nSPS) is 22.9. The van der Waals surface area contributed by atoms with E-state index in [1.807, 2.05) is 20.8 Å². The Morgan fingerprint density at radius 2 is 1.57 bits per heavy atom. The Morgan fingerprint density at radius 3 is 2.00 bits per heavy atom. The first-order valence-electron chi connectivity index (χ1n) is 7.31. The second-order valence-electron chi connectivity index (χ2n) is 7.32. The quantitative estimate of drug-likeness (QED) is 0.580. The molecule has 1 aliphatic rings. The molecule has 1 amide bonds. The van der Waals surface area contributed by atoms with Crippen molar-refractivity contribution in [2.75, 3.05) is 0 Å². The van der Waals surface area contributed by atoms with Gasteiger partial charge in [-0.1, -0.05) is 6.08 Å². The smallest absolute Gasteiger partial charge is 0.411 e. The fraction of sp³-hybridized carbons (Fsp3) is 0.750. The van der Waals surface area contributed by atoms with Crippen LogP contribution in [0.2, 0.25) is 0 Å². The molecule has 0 aromatic heterocycles. The van der Waals surface area contributed by atoms with Gasteiger partial charge in [0.05, 0.1) is 6.04 Å². The van der Waals surface area contributed by atoms with E-state index < -0.39 is 29.3 Å². The van der Waals surface area contributed by atoms with Crippen molar-refractivity contribution in [3.05, 3.63) is 12.7 Å². The van der Waals surface area contributed by atoms with Crippen LogP contribution in [0.1, 0.15) is 54.4 Å². The first-order valence-corrected chi connectivity index (χ1v) is 7.31. The third-order valence-electron chi connectivity index (χ3n) is 2.98. The molecular weight excluding hydrogens is 270 g/mol. The second kappa shape index (κ2) is 6.08. The van der Waals surface area contributed by atoms with E-state index in [4.69, 9.17) is 9.47 Å². The maximum atomic E-state index is 12.4. The maximum absolute atomic E-state index is 12.4. The molecule has 21 heavy (non-hydrogen) atoms. The molecule has 2 atom stereocenters. The molecule has 0 radical (unpaired) electrons. The zero-order valence-corrected chi connectivity index (χ0v) is 13.9. The SMILES string of the molecule is C=CC1CC[C@@H](C(=O)OC(C)(C)C)N1C(=O)OC(C)(C)C. The Labute approximate surface area is 127 Å². The number of amides is 1. The number of hydrogen-bond donors (Lipinski definition) is 0. The summed E-state index contributed by atoms with van der Waals surface area (Å²) in [6.07, 6.45) is 2.42. The van der Waals surface area contributed by atoms with Crippen molar-refractivity contribution in [2.45, 2.75) is 77.7 Å². The molecule has 1 saturated heterocycles. The Balaban J connectivity index is 2.90. The van der Waals surface area contributed by atoms with Crippen LogP contribution in [0.4, 0.5) is 4.79 Å². The summed E-state index contributed by atoms with van der Waals surface area (Å²) in [4.78, 5) is 26.1. The van der Waals surface area contributed by atoms with Crippen molar-refractivity contribution in [3.63, 3.8) is 0 Å². The zero-order chi connectivity index (χ0) is 16.4. The van der Waals surface area contributed by atoms with Crippen LogP contribution in [0.15, 0.2) is 12.7 Å². The van der Waals surface area contributed by atoms with Crippen LogP contribution >= 0.6 is 0 Å². The van der Waals surface area contributed by atoms with Gasteiger partial charge in [0.25, 0.3) is 0 Å². The molecule has 0 aromatic carbocycles. The van der Waals surface area contributed by atoms with Crippen LogP contribution < -0.4 is 0 Å². The molecule has 120 valence electrons. The fourth-order valence-electron chi connectivity index (χ4n) is 2.25. The number of nitrogens with zero attached hydrogens (tertiary/aromatic N) is 1. The zero-order valence-electron chi connectivity index (χ0n) is 13.9. The summed E-state index contributed by atoms with van der Waals surface area (Å²) in [5, 5.41) is 0. The van der Waals surface area contributed by atoms with E-state index in [1.54, 1.807) is 26.8 Å². The summed E-state index contributed by atoms with van der Waals surface area (Å²) in [6, 6.07) is -0.806. The number of carbonyl (C=O) groups excluding carboxylic acids is 2. The average molecular weight is 297 g/mol. The van der Waals surface area contributed by atoms with E-state index in [0.717, 1.165) is 0 Å². The van der Waals surface area contributed by atoms with Crippen molar-refractivity contribution in [3.8, 4) is 0 Å². The van der Waals surface area contributed by atoms with Gasteiger partial charge in [-0.2, -0.15) is 0 Å². The number of ether oxygens (including phenoxy) is 2. The van der Waals surface area contributed by atoms with Gasteiger partial charge >= 0.3 is 12.1 Å². The summed E-state index contributed by atoms with van der Waals surface area (Å²) in [7, 11) is 0. The number of hydrogen-bond acceptors (Lipinski definition) is 4. The lowest BCUT2D eigenvalue weighted by atomic mass is 10.1. The van der Waals surface area contributed by atoms with Crippen LogP contribution in [-0.4, -0.2) is 40.2 Å². The van der Waals surface area contributed by atoms with Crippen molar-refractivity contribution < 1.29 is 19.1 Å². The third-order valence-corrected chi connectivity index (χ3v) is 2.98. The molecule has 5 nitrogen and oxygen atoms in total. The largest absolute Gasteiger partial charge is 0.458 e. The summed E-state index contributed by atoms with van der Waals surface area (Å²) >= 11 is 0. The van der Waals surface area contributed by atoms with Crippen LogP contribution in [0, 0.1) is 0 Å². The molecule has 1 rings (SSSR count). The monoisotopic (exact) mass is 297 g/mol. The number of likely N-dealkylation sites (tertiary alicyclic amines) is 1. The molecule has 0 saturated carbocycles. The highest BCUT2D eigenvalue weighted by atomic mass is 16.6. The highest BCUT2D eigenvalue weighted by Gasteiger charge is 2.43. The molecule has 1 fully saturated rings. The van der Waals surface area contributed by atoms with Gasteiger partial charge < -0.3 is 9.47 Å². The second-order valence-corrected chi connectivity index (χ2v) is 7.32. The molecule has 5 heteroatoms. The summed E-state index contributed by atoms with van der Waals surface area (Å²) in [5.74, 6) is -0.391. The van der Waals surface area contributed by atoms with Gasteiger partial charge in [-0.15, -0.1) is 6.58 Å². The third kappa shape index (κ3) is 5.06. The van der Waals surface area contributed by atoms with Crippen LogP contribution in [0.25, 0.3) is 0 Å². The predicted molar refractivity (Wildman–Crippen MR) is 80.9 cm³/mol. The number of carbonyl (C=O) groups is 2. The topological polar surface area (TPSA) is 55.8 Å². The first kappa shape index (κ1) is 17.5. The van der Waals surface area contributed by atoms with Gasteiger partial charge in [-0.05, 0) is 54.4 Å². The van der Waals surface area contributed by atoms with Gasteiger partial charge in [0.15, 0.2) is 0 Å². The van der Waals surface area contributed by atoms with Crippen molar-refractivity contribution in [2.24, 2.45) is 0 Å². The molecule has 0 N–H and O–H groups in total. The van der Waals surface area contributed by atoms with Crippen molar-refractivity contribution in [1.82, 2.24) is 4.90 Å². The highest BCUT2D eigenvalue weighted by Crippen LogP contribution is 2.29. The number of rotatable bonds is 2. The minimum Gasteiger partial charge on any atom is -0.458 e.